The molecule has 1 aliphatic carbocycles. The molecule has 16 heavy (non-hydrogen) atoms. The number of esters is 1. The summed E-state index contributed by atoms with van der Waals surface area (Å²) in [6.07, 6.45) is 2.24. The molecule has 0 bridgehead atoms. The van der Waals surface area contributed by atoms with Gasteiger partial charge in [-0.3, -0.25) is 0 Å². The fraction of sp³-hybridized carbons (Fsp3) is 0.917. The first kappa shape index (κ1) is 13.5. The molecule has 1 fully saturated rings. The molecular formula is C12H24N2O2. The van der Waals surface area contributed by atoms with E-state index >= 15 is 0 Å². The predicted octanol–water partition coefficient (Wildman–Crippen LogP) is 0.869. The molecule has 0 amide bonds. The van der Waals surface area contributed by atoms with Crippen LogP contribution in [-0.4, -0.2) is 50.2 Å². The van der Waals surface area contributed by atoms with Crippen molar-refractivity contribution in [2.24, 2.45) is 5.92 Å². The average Bonchev–Trinajstić information content (AvgIpc) is 3.15. The number of nitrogens with one attached hydrogen (secondary N) is 1. The summed E-state index contributed by atoms with van der Waals surface area (Å²) in [4.78, 5) is 14.3. The smallest absolute Gasteiger partial charge is 0.327 e. The maximum Gasteiger partial charge on any atom is 0.327 e. The van der Waals surface area contributed by atoms with Gasteiger partial charge in [0.05, 0.1) is 7.11 Å². The maximum absolute atomic E-state index is 12.0. The Morgan fingerprint density at radius 2 is 2.00 bits per heavy atom. The summed E-state index contributed by atoms with van der Waals surface area (Å²) >= 11 is 0. The fourth-order valence-electron chi connectivity index (χ4n) is 2.30. The van der Waals surface area contributed by atoms with Crippen molar-refractivity contribution in [3.63, 3.8) is 0 Å². The molecule has 0 spiro atoms. The van der Waals surface area contributed by atoms with Crippen LogP contribution in [0.1, 0.15) is 26.7 Å². The molecule has 1 atom stereocenters. The third kappa shape index (κ3) is 2.55. The highest BCUT2D eigenvalue weighted by molar-refractivity contribution is 5.82. The Labute approximate surface area is 98.3 Å². The minimum absolute atomic E-state index is 0.121. The first-order chi connectivity index (χ1) is 7.64. The van der Waals surface area contributed by atoms with Gasteiger partial charge in [0.2, 0.25) is 0 Å². The molecule has 0 heterocycles. The molecule has 0 aliphatic heterocycles. The van der Waals surface area contributed by atoms with Crippen molar-refractivity contribution in [1.29, 1.82) is 0 Å². The number of likely N-dealkylation sites (N-methyl/N-ethyl adjacent to an activating group) is 2. The Balaban J connectivity index is 2.80. The van der Waals surface area contributed by atoms with Crippen LogP contribution >= 0.6 is 0 Å². The molecule has 94 valence electrons. The normalized spacial score (nSPS) is 19.6. The number of carbonyl (C=O) groups is 1. The van der Waals surface area contributed by atoms with E-state index in [0.29, 0.717) is 5.92 Å². The summed E-state index contributed by atoms with van der Waals surface area (Å²) < 4.78 is 4.97. The van der Waals surface area contributed by atoms with Crippen LogP contribution in [-0.2, 0) is 9.53 Å². The predicted molar refractivity (Wildman–Crippen MR) is 64.3 cm³/mol. The van der Waals surface area contributed by atoms with Crippen molar-refractivity contribution >= 4 is 5.97 Å². The van der Waals surface area contributed by atoms with Crippen LogP contribution in [0.4, 0.5) is 0 Å². The van der Waals surface area contributed by atoms with Crippen molar-refractivity contribution in [3.8, 4) is 0 Å². The first-order valence-electron chi connectivity index (χ1n) is 6.14. The van der Waals surface area contributed by atoms with Gasteiger partial charge in [-0.1, -0.05) is 13.8 Å². The van der Waals surface area contributed by atoms with Crippen molar-refractivity contribution in [2.75, 3.05) is 33.8 Å². The zero-order chi connectivity index (χ0) is 12.2. The molecule has 4 heteroatoms. The van der Waals surface area contributed by atoms with E-state index in [1.54, 1.807) is 0 Å². The summed E-state index contributed by atoms with van der Waals surface area (Å²) in [5.74, 6) is 0.315. The summed E-state index contributed by atoms with van der Waals surface area (Å²) in [5, 5.41) is 3.21. The fourth-order valence-corrected chi connectivity index (χ4v) is 2.30. The summed E-state index contributed by atoms with van der Waals surface area (Å²) in [6, 6.07) is 0. The molecule has 1 N–H and O–H groups in total. The lowest BCUT2D eigenvalue weighted by molar-refractivity contribution is -0.150. The van der Waals surface area contributed by atoms with Crippen molar-refractivity contribution < 1.29 is 9.53 Å². The van der Waals surface area contributed by atoms with Gasteiger partial charge in [-0.25, -0.2) is 4.79 Å². The molecule has 1 unspecified atom stereocenters. The molecule has 1 aliphatic rings. The highest BCUT2D eigenvalue weighted by Crippen LogP contribution is 2.40. The standard InChI is InChI=1S/C12H24N2O2/c1-5-14(6-2)9-12(13-3,10-7-8-10)11(15)16-4/h10,13H,5-9H2,1-4H3. The largest absolute Gasteiger partial charge is 0.468 e. The van der Waals surface area contributed by atoms with E-state index in [9.17, 15) is 4.79 Å². The molecule has 1 rings (SSSR count). The van der Waals surface area contributed by atoms with Gasteiger partial charge in [-0.2, -0.15) is 0 Å². The summed E-state index contributed by atoms with van der Waals surface area (Å²) in [7, 11) is 3.33. The third-order valence-electron chi connectivity index (χ3n) is 3.64. The molecule has 0 saturated heterocycles. The monoisotopic (exact) mass is 228 g/mol. The highest BCUT2D eigenvalue weighted by atomic mass is 16.5. The molecule has 0 aromatic heterocycles. The van der Waals surface area contributed by atoms with Crippen LogP contribution < -0.4 is 5.32 Å². The highest BCUT2D eigenvalue weighted by Gasteiger charge is 2.51. The average molecular weight is 228 g/mol. The van der Waals surface area contributed by atoms with Crippen LogP contribution in [0.5, 0.6) is 0 Å². The van der Waals surface area contributed by atoms with Crippen molar-refractivity contribution in [3.05, 3.63) is 0 Å². The first-order valence-corrected chi connectivity index (χ1v) is 6.14. The van der Waals surface area contributed by atoms with Crippen LogP contribution in [0.2, 0.25) is 0 Å². The lowest BCUT2D eigenvalue weighted by Crippen LogP contribution is -2.60. The van der Waals surface area contributed by atoms with E-state index in [1.807, 2.05) is 7.05 Å². The Hall–Kier alpha value is -0.610. The quantitative estimate of drug-likeness (QED) is 0.657. The molecule has 1 saturated carbocycles. The lowest BCUT2D eigenvalue weighted by Gasteiger charge is -2.35. The second kappa shape index (κ2) is 5.64. The van der Waals surface area contributed by atoms with Crippen LogP contribution in [0, 0.1) is 5.92 Å². The van der Waals surface area contributed by atoms with E-state index in [2.05, 4.69) is 24.1 Å². The Bertz CT molecular complexity index is 237. The van der Waals surface area contributed by atoms with E-state index in [4.69, 9.17) is 4.74 Å². The molecule has 4 nitrogen and oxygen atoms in total. The molecule has 0 radical (unpaired) electrons. The van der Waals surface area contributed by atoms with Gasteiger partial charge in [0.1, 0.15) is 5.54 Å². The number of nitrogens with zero attached hydrogens (tertiary/aromatic N) is 1. The minimum Gasteiger partial charge on any atom is -0.468 e. The molecule has 0 aromatic carbocycles. The van der Waals surface area contributed by atoms with Crippen LogP contribution in [0.15, 0.2) is 0 Å². The number of carbonyl (C=O) groups excluding carboxylic acids is 1. The second-order valence-electron chi connectivity index (χ2n) is 4.45. The van der Waals surface area contributed by atoms with E-state index in [0.717, 1.165) is 32.5 Å². The SMILES string of the molecule is CCN(CC)CC(NC)(C(=O)OC)C1CC1. The summed E-state index contributed by atoms with van der Waals surface area (Å²) in [6.45, 7) is 6.91. The lowest BCUT2D eigenvalue weighted by atomic mass is 9.92. The Morgan fingerprint density at radius 3 is 2.31 bits per heavy atom. The van der Waals surface area contributed by atoms with Crippen LogP contribution in [0.3, 0.4) is 0 Å². The zero-order valence-electron chi connectivity index (χ0n) is 10.9. The second-order valence-corrected chi connectivity index (χ2v) is 4.45. The zero-order valence-corrected chi connectivity index (χ0v) is 10.9. The van der Waals surface area contributed by atoms with Gasteiger partial charge < -0.3 is 15.0 Å². The van der Waals surface area contributed by atoms with Gasteiger partial charge in [0, 0.05) is 6.54 Å². The third-order valence-corrected chi connectivity index (χ3v) is 3.64. The Kier molecular flexibility index (Phi) is 4.74. The molecular weight excluding hydrogens is 204 g/mol. The number of rotatable bonds is 7. The molecule has 0 aromatic rings. The summed E-state index contributed by atoms with van der Waals surface area (Å²) in [5.41, 5.74) is -0.499. The van der Waals surface area contributed by atoms with Gasteiger partial charge in [-0.15, -0.1) is 0 Å². The number of ether oxygens (including phenoxy) is 1. The van der Waals surface area contributed by atoms with Gasteiger partial charge in [0.15, 0.2) is 0 Å². The van der Waals surface area contributed by atoms with Gasteiger partial charge in [-0.05, 0) is 38.9 Å². The van der Waals surface area contributed by atoms with Crippen molar-refractivity contribution in [2.45, 2.75) is 32.2 Å². The Morgan fingerprint density at radius 1 is 1.44 bits per heavy atom. The minimum atomic E-state index is -0.499. The van der Waals surface area contributed by atoms with Gasteiger partial charge >= 0.3 is 5.97 Å². The van der Waals surface area contributed by atoms with E-state index in [1.165, 1.54) is 7.11 Å². The number of hydrogen-bond acceptors (Lipinski definition) is 4. The number of methoxy groups -OCH3 is 1. The van der Waals surface area contributed by atoms with Gasteiger partial charge in [0.25, 0.3) is 0 Å². The topological polar surface area (TPSA) is 41.6 Å². The van der Waals surface area contributed by atoms with Crippen LogP contribution in [0.25, 0.3) is 0 Å². The maximum atomic E-state index is 12.0. The van der Waals surface area contributed by atoms with E-state index < -0.39 is 5.54 Å². The van der Waals surface area contributed by atoms with E-state index in [-0.39, 0.29) is 5.97 Å². The van der Waals surface area contributed by atoms with Crippen molar-refractivity contribution in [1.82, 2.24) is 10.2 Å². The number of hydrogen-bond donors (Lipinski definition) is 1.